The first-order valence-corrected chi connectivity index (χ1v) is 6.53. The molecule has 3 nitrogen and oxygen atoms in total. The average molecular weight is 277 g/mol. The SMILES string of the molecule is Cc1cccc(C(Oc2cncc(Cl)c2)C(C)N)c1. The van der Waals surface area contributed by atoms with Crippen molar-refractivity contribution in [3.8, 4) is 5.75 Å². The maximum absolute atomic E-state index is 6.03. The molecule has 0 spiro atoms. The summed E-state index contributed by atoms with van der Waals surface area (Å²) in [6, 6.07) is 9.73. The topological polar surface area (TPSA) is 48.1 Å². The summed E-state index contributed by atoms with van der Waals surface area (Å²) in [5.74, 6) is 0.622. The van der Waals surface area contributed by atoms with Gasteiger partial charge in [-0.25, -0.2) is 0 Å². The highest BCUT2D eigenvalue weighted by molar-refractivity contribution is 6.30. The summed E-state index contributed by atoms with van der Waals surface area (Å²) in [6.45, 7) is 3.97. The van der Waals surface area contributed by atoms with Crippen molar-refractivity contribution in [3.05, 3.63) is 58.9 Å². The molecule has 0 saturated heterocycles. The van der Waals surface area contributed by atoms with Gasteiger partial charge in [0.15, 0.2) is 0 Å². The molecule has 0 saturated carbocycles. The van der Waals surface area contributed by atoms with Gasteiger partial charge in [-0.1, -0.05) is 41.4 Å². The summed E-state index contributed by atoms with van der Waals surface area (Å²) in [4.78, 5) is 4.01. The quantitative estimate of drug-likeness (QED) is 0.930. The molecule has 0 radical (unpaired) electrons. The molecule has 0 amide bonds. The van der Waals surface area contributed by atoms with E-state index >= 15 is 0 Å². The van der Waals surface area contributed by atoms with Gasteiger partial charge in [-0.15, -0.1) is 0 Å². The third-order valence-corrected chi connectivity index (χ3v) is 3.00. The summed E-state index contributed by atoms with van der Waals surface area (Å²) in [5.41, 5.74) is 8.25. The zero-order valence-electron chi connectivity index (χ0n) is 11.0. The van der Waals surface area contributed by atoms with Crippen molar-refractivity contribution in [2.24, 2.45) is 5.73 Å². The Hall–Kier alpha value is -1.58. The van der Waals surface area contributed by atoms with E-state index in [1.165, 1.54) is 5.56 Å². The van der Waals surface area contributed by atoms with Crippen LogP contribution >= 0.6 is 11.6 Å². The lowest BCUT2D eigenvalue weighted by Crippen LogP contribution is -2.29. The molecule has 4 heteroatoms. The Morgan fingerprint density at radius 3 is 2.68 bits per heavy atom. The summed E-state index contributed by atoms with van der Waals surface area (Å²) in [6.07, 6.45) is 2.99. The largest absolute Gasteiger partial charge is 0.482 e. The number of halogens is 1. The van der Waals surface area contributed by atoms with Crippen LogP contribution in [-0.2, 0) is 0 Å². The molecular weight excluding hydrogens is 260 g/mol. The first-order valence-electron chi connectivity index (χ1n) is 6.15. The number of aromatic nitrogens is 1. The minimum atomic E-state index is -0.222. The minimum absolute atomic E-state index is 0.138. The number of rotatable bonds is 4. The third kappa shape index (κ3) is 3.69. The van der Waals surface area contributed by atoms with Crippen molar-refractivity contribution in [3.63, 3.8) is 0 Å². The zero-order chi connectivity index (χ0) is 13.8. The van der Waals surface area contributed by atoms with Gasteiger partial charge in [-0.05, 0) is 19.4 Å². The van der Waals surface area contributed by atoms with E-state index in [2.05, 4.69) is 11.1 Å². The number of benzene rings is 1. The standard InChI is InChI=1S/C15H17ClN2O/c1-10-4-3-5-12(6-10)15(11(2)17)19-14-7-13(16)8-18-9-14/h3-9,11,15H,17H2,1-2H3. The molecule has 1 heterocycles. The molecule has 1 aromatic heterocycles. The molecule has 2 unspecified atom stereocenters. The summed E-state index contributed by atoms with van der Waals surface area (Å²) in [7, 11) is 0. The lowest BCUT2D eigenvalue weighted by molar-refractivity contribution is 0.179. The molecule has 2 N–H and O–H groups in total. The fourth-order valence-corrected chi connectivity index (χ4v) is 2.09. The van der Waals surface area contributed by atoms with Crippen molar-refractivity contribution in [1.29, 1.82) is 0 Å². The van der Waals surface area contributed by atoms with E-state index < -0.39 is 0 Å². The minimum Gasteiger partial charge on any atom is -0.482 e. The second kappa shape index (κ2) is 6.04. The monoisotopic (exact) mass is 276 g/mol. The Kier molecular flexibility index (Phi) is 4.40. The number of hydrogen-bond acceptors (Lipinski definition) is 3. The molecule has 2 rings (SSSR count). The summed E-state index contributed by atoms with van der Waals surface area (Å²) >= 11 is 5.91. The van der Waals surface area contributed by atoms with Gasteiger partial charge in [0.05, 0.1) is 11.2 Å². The fourth-order valence-electron chi connectivity index (χ4n) is 1.93. The Labute approximate surface area is 118 Å². The molecule has 0 fully saturated rings. The molecule has 100 valence electrons. The second-order valence-corrected chi connectivity index (χ2v) is 5.09. The Morgan fingerprint density at radius 1 is 1.26 bits per heavy atom. The van der Waals surface area contributed by atoms with Gasteiger partial charge in [-0.2, -0.15) is 0 Å². The van der Waals surface area contributed by atoms with E-state index in [1.807, 2.05) is 32.0 Å². The van der Waals surface area contributed by atoms with Crippen LogP contribution in [0.2, 0.25) is 5.02 Å². The number of hydrogen-bond donors (Lipinski definition) is 1. The van der Waals surface area contributed by atoms with Crippen LogP contribution in [0.4, 0.5) is 0 Å². The van der Waals surface area contributed by atoms with Crippen molar-refractivity contribution in [2.75, 3.05) is 0 Å². The van der Waals surface area contributed by atoms with E-state index in [-0.39, 0.29) is 12.1 Å². The molecular formula is C15H17ClN2O. The van der Waals surface area contributed by atoms with Crippen LogP contribution in [0.3, 0.4) is 0 Å². The van der Waals surface area contributed by atoms with E-state index in [4.69, 9.17) is 22.1 Å². The van der Waals surface area contributed by atoms with Gasteiger partial charge in [0.1, 0.15) is 11.9 Å². The maximum Gasteiger partial charge on any atom is 0.140 e. The van der Waals surface area contributed by atoms with E-state index in [1.54, 1.807) is 18.5 Å². The van der Waals surface area contributed by atoms with E-state index in [0.717, 1.165) is 5.56 Å². The van der Waals surface area contributed by atoms with E-state index in [0.29, 0.717) is 10.8 Å². The second-order valence-electron chi connectivity index (χ2n) is 4.65. The molecule has 0 aliphatic carbocycles. The van der Waals surface area contributed by atoms with Gasteiger partial charge >= 0.3 is 0 Å². The summed E-state index contributed by atoms with van der Waals surface area (Å²) in [5, 5.41) is 0.546. The highest BCUT2D eigenvalue weighted by Crippen LogP contribution is 2.25. The van der Waals surface area contributed by atoms with Gasteiger partial charge in [-0.3, -0.25) is 4.98 Å². The molecule has 1 aromatic carbocycles. The van der Waals surface area contributed by atoms with Gasteiger partial charge in [0.2, 0.25) is 0 Å². The van der Waals surface area contributed by atoms with Gasteiger partial charge in [0.25, 0.3) is 0 Å². The number of nitrogens with zero attached hydrogens (tertiary/aromatic N) is 1. The average Bonchev–Trinajstić information content (AvgIpc) is 2.35. The lowest BCUT2D eigenvalue weighted by Gasteiger charge is -2.23. The third-order valence-electron chi connectivity index (χ3n) is 2.79. The highest BCUT2D eigenvalue weighted by Gasteiger charge is 2.18. The Balaban J connectivity index is 2.26. The highest BCUT2D eigenvalue weighted by atomic mass is 35.5. The maximum atomic E-state index is 6.03. The van der Waals surface area contributed by atoms with Crippen LogP contribution < -0.4 is 10.5 Å². The van der Waals surface area contributed by atoms with Crippen LogP contribution in [0.15, 0.2) is 42.7 Å². The predicted octanol–water partition coefficient (Wildman–Crippen LogP) is 3.51. The molecule has 0 bridgehead atoms. The van der Waals surface area contributed by atoms with Gasteiger partial charge in [0, 0.05) is 18.3 Å². The molecule has 0 aliphatic rings. The first kappa shape index (κ1) is 13.8. The van der Waals surface area contributed by atoms with Crippen molar-refractivity contribution in [1.82, 2.24) is 4.98 Å². The number of pyridine rings is 1. The van der Waals surface area contributed by atoms with Crippen LogP contribution in [-0.4, -0.2) is 11.0 Å². The smallest absolute Gasteiger partial charge is 0.140 e. The number of nitrogens with two attached hydrogens (primary N) is 1. The molecule has 2 atom stereocenters. The lowest BCUT2D eigenvalue weighted by atomic mass is 10.0. The van der Waals surface area contributed by atoms with Gasteiger partial charge < -0.3 is 10.5 Å². The first-order chi connectivity index (χ1) is 9.06. The zero-order valence-corrected chi connectivity index (χ0v) is 11.8. The molecule has 19 heavy (non-hydrogen) atoms. The van der Waals surface area contributed by atoms with Crippen molar-refractivity contribution in [2.45, 2.75) is 26.0 Å². The Bertz CT molecular complexity index is 557. The molecule has 2 aromatic rings. The van der Waals surface area contributed by atoms with Crippen LogP contribution in [0.1, 0.15) is 24.2 Å². The summed E-state index contributed by atoms with van der Waals surface area (Å²) < 4.78 is 5.93. The molecule has 0 aliphatic heterocycles. The normalized spacial score (nSPS) is 13.9. The fraction of sp³-hybridized carbons (Fsp3) is 0.267. The van der Waals surface area contributed by atoms with Crippen LogP contribution in [0.25, 0.3) is 0 Å². The predicted molar refractivity (Wildman–Crippen MR) is 77.4 cm³/mol. The Morgan fingerprint density at radius 2 is 2.05 bits per heavy atom. The van der Waals surface area contributed by atoms with Crippen LogP contribution in [0.5, 0.6) is 5.75 Å². The van der Waals surface area contributed by atoms with E-state index in [9.17, 15) is 0 Å². The van der Waals surface area contributed by atoms with Crippen LogP contribution in [0, 0.1) is 6.92 Å². The van der Waals surface area contributed by atoms with Crippen molar-refractivity contribution < 1.29 is 4.74 Å². The number of aryl methyl sites for hydroxylation is 1. The van der Waals surface area contributed by atoms with Crippen molar-refractivity contribution >= 4 is 11.6 Å². The number of ether oxygens (including phenoxy) is 1.